The highest BCUT2D eigenvalue weighted by atomic mass is 32.2. The second-order valence-electron chi connectivity index (χ2n) is 6.44. The fraction of sp³-hybridized carbons (Fsp3) is 0.333. The van der Waals surface area contributed by atoms with Crippen LogP contribution >= 0.6 is 0 Å². The summed E-state index contributed by atoms with van der Waals surface area (Å²) in [5.41, 5.74) is 4.77. The van der Waals surface area contributed by atoms with Gasteiger partial charge in [0.1, 0.15) is 5.82 Å². The topological polar surface area (TPSA) is 76.4 Å². The Bertz CT molecular complexity index is 1040. The maximum absolute atomic E-state index is 11.6. The van der Waals surface area contributed by atoms with Crippen LogP contribution in [0.3, 0.4) is 0 Å². The summed E-state index contributed by atoms with van der Waals surface area (Å²) in [6, 6.07) is 8.89. The SMILES string of the molecule is Cc1cc(NC(C)c2ccc(S(C)(=O)=O)cc2)n2nc(C)c(C)c2n1. The van der Waals surface area contributed by atoms with E-state index >= 15 is 0 Å². The molecule has 25 heavy (non-hydrogen) atoms. The molecule has 0 bridgehead atoms. The largest absolute Gasteiger partial charge is 0.363 e. The van der Waals surface area contributed by atoms with E-state index in [1.165, 1.54) is 6.26 Å². The predicted octanol–water partition coefficient (Wildman–Crippen LogP) is 3.23. The Labute approximate surface area is 147 Å². The number of hydrogen-bond acceptors (Lipinski definition) is 5. The van der Waals surface area contributed by atoms with Crippen LogP contribution in [0.1, 0.15) is 35.5 Å². The zero-order valence-corrected chi connectivity index (χ0v) is 15.8. The minimum atomic E-state index is -3.18. The van der Waals surface area contributed by atoms with Crippen LogP contribution in [0, 0.1) is 20.8 Å². The van der Waals surface area contributed by atoms with Crippen molar-refractivity contribution in [2.45, 2.75) is 38.6 Å². The third kappa shape index (κ3) is 3.37. The van der Waals surface area contributed by atoms with Crippen molar-refractivity contribution >= 4 is 21.3 Å². The molecule has 0 aliphatic heterocycles. The van der Waals surface area contributed by atoms with Crippen LogP contribution in [0.4, 0.5) is 5.82 Å². The molecule has 2 heterocycles. The first kappa shape index (κ1) is 17.4. The first-order chi connectivity index (χ1) is 11.7. The third-order valence-electron chi connectivity index (χ3n) is 4.36. The molecule has 0 saturated carbocycles. The molecule has 0 aliphatic carbocycles. The van der Waals surface area contributed by atoms with Gasteiger partial charge < -0.3 is 5.32 Å². The van der Waals surface area contributed by atoms with Crippen molar-refractivity contribution in [3.8, 4) is 0 Å². The van der Waals surface area contributed by atoms with Gasteiger partial charge in [0.2, 0.25) is 0 Å². The monoisotopic (exact) mass is 358 g/mol. The van der Waals surface area contributed by atoms with E-state index in [0.29, 0.717) is 4.90 Å². The van der Waals surface area contributed by atoms with Crippen molar-refractivity contribution in [3.63, 3.8) is 0 Å². The van der Waals surface area contributed by atoms with Gasteiger partial charge in [-0.1, -0.05) is 12.1 Å². The molecular formula is C18H22N4O2S. The number of aryl methyl sites for hydroxylation is 3. The zero-order valence-electron chi connectivity index (χ0n) is 15.0. The van der Waals surface area contributed by atoms with Gasteiger partial charge in [0.25, 0.3) is 0 Å². The minimum absolute atomic E-state index is 0.0107. The lowest BCUT2D eigenvalue weighted by atomic mass is 10.1. The van der Waals surface area contributed by atoms with E-state index in [0.717, 1.165) is 34.0 Å². The van der Waals surface area contributed by atoms with Crippen LogP contribution in [0.15, 0.2) is 35.2 Å². The third-order valence-corrected chi connectivity index (χ3v) is 5.49. The molecule has 1 atom stereocenters. The summed E-state index contributed by atoms with van der Waals surface area (Å²) in [5, 5.41) is 8.01. The molecule has 0 amide bonds. The van der Waals surface area contributed by atoms with Crippen LogP contribution < -0.4 is 5.32 Å². The Morgan fingerprint density at radius 1 is 1.12 bits per heavy atom. The molecule has 3 rings (SSSR count). The highest BCUT2D eigenvalue weighted by molar-refractivity contribution is 7.90. The van der Waals surface area contributed by atoms with Gasteiger partial charge in [0, 0.05) is 29.6 Å². The van der Waals surface area contributed by atoms with Gasteiger partial charge >= 0.3 is 0 Å². The van der Waals surface area contributed by atoms with Crippen molar-refractivity contribution in [1.82, 2.24) is 14.6 Å². The molecule has 0 aliphatic rings. The number of aromatic nitrogens is 3. The van der Waals surface area contributed by atoms with Gasteiger partial charge in [-0.3, -0.25) is 0 Å². The predicted molar refractivity (Wildman–Crippen MR) is 98.8 cm³/mol. The van der Waals surface area contributed by atoms with Gasteiger partial charge in [-0.25, -0.2) is 13.4 Å². The Hall–Kier alpha value is -2.41. The quantitative estimate of drug-likeness (QED) is 0.775. The van der Waals surface area contributed by atoms with E-state index in [9.17, 15) is 8.42 Å². The summed E-state index contributed by atoms with van der Waals surface area (Å²) < 4.78 is 25.0. The maximum atomic E-state index is 11.6. The van der Waals surface area contributed by atoms with Gasteiger partial charge in [-0.15, -0.1) is 0 Å². The maximum Gasteiger partial charge on any atom is 0.175 e. The van der Waals surface area contributed by atoms with E-state index in [2.05, 4.69) is 15.4 Å². The van der Waals surface area contributed by atoms with Crippen molar-refractivity contribution in [1.29, 1.82) is 0 Å². The summed E-state index contributed by atoms with van der Waals surface area (Å²) in [6.45, 7) is 7.97. The Kier molecular flexibility index (Phi) is 4.28. The molecule has 1 aromatic carbocycles. The lowest BCUT2D eigenvalue weighted by molar-refractivity contribution is 0.602. The number of benzene rings is 1. The molecule has 6 nitrogen and oxygen atoms in total. The molecule has 0 fully saturated rings. The van der Waals surface area contributed by atoms with Gasteiger partial charge in [-0.2, -0.15) is 9.61 Å². The van der Waals surface area contributed by atoms with E-state index in [1.54, 1.807) is 12.1 Å². The molecule has 0 saturated heterocycles. The van der Waals surface area contributed by atoms with Crippen molar-refractivity contribution < 1.29 is 8.42 Å². The molecule has 7 heteroatoms. The van der Waals surface area contributed by atoms with E-state index < -0.39 is 9.84 Å². The molecule has 132 valence electrons. The summed E-state index contributed by atoms with van der Waals surface area (Å²) in [5.74, 6) is 0.860. The summed E-state index contributed by atoms with van der Waals surface area (Å²) in [7, 11) is -3.18. The van der Waals surface area contributed by atoms with E-state index in [4.69, 9.17) is 0 Å². The van der Waals surface area contributed by atoms with Crippen LogP contribution in [0.5, 0.6) is 0 Å². The first-order valence-corrected chi connectivity index (χ1v) is 9.96. The highest BCUT2D eigenvalue weighted by Crippen LogP contribution is 2.23. The van der Waals surface area contributed by atoms with Crippen LogP contribution in [0.25, 0.3) is 5.65 Å². The van der Waals surface area contributed by atoms with Crippen LogP contribution in [0.2, 0.25) is 0 Å². The molecule has 1 N–H and O–H groups in total. The molecular weight excluding hydrogens is 336 g/mol. The standard InChI is InChI=1S/C18H22N4O2S/c1-11-10-17(22-18(19-11)12(2)13(3)21-22)20-14(4)15-6-8-16(9-7-15)25(5,23)24/h6-10,14,20H,1-5H3. The number of anilines is 1. The second kappa shape index (κ2) is 6.15. The number of rotatable bonds is 4. The molecule has 1 unspecified atom stereocenters. The zero-order chi connectivity index (χ0) is 18.4. The lowest BCUT2D eigenvalue weighted by Gasteiger charge is -2.17. The van der Waals surface area contributed by atoms with E-state index in [1.807, 2.05) is 50.4 Å². The fourth-order valence-electron chi connectivity index (χ4n) is 2.76. The number of nitrogens with one attached hydrogen (secondary N) is 1. The van der Waals surface area contributed by atoms with Crippen LogP contribution in [-0.2, 0) is 9.84 Å². The van der Waals surface area contributed by atoms with Crippen molar-refractivity contribution in [3.05, 3.63) is 52.8 Å². The average molecular weight is 358 g/mol. The lowest BCUT2D eigenvalue weighted by Crippen LogP contribution is -2.11. The fourth-order valence-corrected chi connectivity index (χ4v) is 3.39. The van der Waals surface area contributed by atoms with Crippen LogP contribution in [-0.4, -0.2) is 29.3 Å². The summed E-state index contributed by atoms with van der Waals surface area (Å²) >= 11 is 0. The molecule has 0 spiro atoms. The first-order valence-electron chi connectivity index (χ1n) is 8.07. The normalized spacial score (nSPS) is 13.2. The van der Waals surface area contributed by atoms with Crippen molar-refractivity contribution in [2.24, 2.45) is 0 Å². The Morgan fingerprint density at radius 2 is 1.76 bits per heavy atom. The summed E-state index contributed by atoms with van der Waals surface area (Å²) in [6.07, 6.45) is 1.21. The average Bonchev–Trinajstić information content (AvgIpc) is 2.82. The molecule has 3 aromatic rings. The van der Waals surface area contributed by atoms with Gasteiger partial charge in [0.15, 0.2) is 15.5 Å². The summed E-state index contributed by atoms with van der Waals surface area (Å²) in [4.78, 5) is 4.89. The highest BCUT2D eigenvalue weighted by Gasteiger charge is 2.14. The van der Waals surface area contributed by atoms with E-state index in [-0.39, 0.29) is 6.04 Å². The molecule has 0 radical (unpaired) electrons. The number of sulfone groups is 1. The number of nitrogens with zero attached hydrogens (tertiary/aromatic N) is 3. The van der Waals surface area contributed by atoms with Crippen molar-refractivity contribution in [2.75, 3.05) is 11.6 Å². The second-order valence-corrected chi connectivity index (χ2v) is 8.45. The number of hydrogen-bond donors (Lipinski definition) is 1. The smallest absolute Gasteiger partial charge is 0.175 e. The van der Waals surface area contributed by atoms with Gasteiger partial charge in [0.05, 0.1) is 10.6 Å². The Morgan fingerprint density at radius 3 is 2.36 bits per heavy atom. The number of fused-ring (bicyclic) bond motifs is 1. The Balaban J connectivity index is 1.94. The van der Waals surface area contributed by atoms with Gasteiger partial charge in [-0.05, 0) is 45.4 Å². The minimum Gasteiger partial charge on any atom is -0.363 e. The molecule has 2 aromatic heterocycles.